The Morgan fingerprint density at radius 3 is 2.56 bits per heavy atom. The highest BCUT2D eigenvalue weighted by Gasteiger charge is 2.12. The number of aromatic nitrogens is 1. The molecule has 1 heterocycles. The SMILES string of the molecule is CCOc1cc(/C=N\NC(=O)c2ccc(-c3csc(Nc4ccc(Cl)cc4)n3)cc2)c(Br)cc1OCc1cccc(F)c1. The number of hydrogen-bond acceptors (Lipinski definition) is 7. The van der Waals surface area contributed by atoms with E-state index in [1.807, 2.05) is 48.7 Å². The van der Waals surface area contributed by atoms with Crippen molar-refractivity contribution in [1.29, 1.82) is 0 Å². The van der Waals surface area contributed by atoms with Gasteiger partial charge in [-0.05, 0) is 89.1 Å². The van der Waals surface area contributed by atoms with Crippen molar-refractivity contribution in [1.82, 2.24) is 10.4 Å². The molecule has 5 rings (SSSR count). The smallest absolute Gasteiger partial charge is 0.271 e. The topological polar surface area (TPSA) is 84.8 Å². The van der Waals surface area contributed by atoms with E-state index in [0.717, 1.165) is 22.1 Å². The minimum atomic E-state index is -0.359. The summed E-state index contributed by atoms with van der Waals surface area (Å²) in [7, 11) is 0. The van der Waals surface area contributed by atoms with Gasteiger partial charge in [0.25, 0.3) is 5.91 Å². The molecular weight excluding hydrogens is 655 g/mol. The number of halogens is 3. The van der Waals surface area contributed by atoms with Crippen LogP contribution < -0.4 is 20.2 Å². The summed E-state index contributed by atoms with van der Waals surface area (Å²) in [4.78, 5) is 17.4. The normalized spacial score (nSPS) is 11.0. The molecule has 1 aromatic heterocycles. The number of nitrogens with one attached hydrogen (secondary N) is 2. The largest absolute Gasteiger partial charge is 0.490 e. The zero-order chi connectivity index (χ0) is 30.2. The number of carbonyl (C=O) groups excluding carboxylic acids is 1. The van der Waals surface area contributed by atoms with Gasteiger partial charge in [0.1, 0.15) is 12.4 Å². The molecule has 0 saturated carbocycles. The predicted octanol–water partition coefficient (Wildman–Crippen LogP) is 8.85. The Bertz CT molecular complexity index is 1750. The number of benzene rings is 4. The van der Waals surface area contributed by atoms with Gasteiger partial charge in [-0.2, -0.15) is 5.10 Å². The minimum Gasteiger partial charge on any atom is -0.490 e. The molecule has 0 aliphatic heterocycles. The van der Waals surface area contributed by atoms with Gasteiger partial charge in [0.2, 0.25) is 0 Å². The average Bonchev–Trinajstić information content (AvgIpc) is 3.47. The summed E-state index contributed by atoms with van der Waals surface area (Å²) in [5.74, 6) is 0.308. The van der Waals surface area contributed by atoms with Crippen molar-refractivity contribution < 1.29 is 18.7 Å². The van der Waals surface area contributed by atoms with Gasteiger partial charge in [0, 0.05) is 37.3 Å². The van der Waals surface area contributed by atoms with Gasteiger partial charge in [0.05, 0.1) is 18.5 Å². The first-order valence-corrected chi connectivity index (χ1v) is 15.2. The molecule has 5 aromatic rings. The van der Waals surface area contributed by atoms with Crippen LogP contribution in [-0.4, -0.2) is 23.7 Å². The van der Waals surface area contributed by atoms with E-state index in [9.17, 15) is 9.18 Å². The Morgan fingerprint density at radius 2 is 1.81 bits per heavy atom. The van der Waals surface area contributed by atoms with E-state index in [2.05, 4.69) is 36.8 Å². The maximum absolute atomic E-state index is 13.5. The second kappa shape index (κ2) is 14.3. The van der Waals surface area contributed by atoms with Crippen molar-refractivity contribution in [2.75, 3.05) is 11.9 Å². The molecule has 0 atom stereocenters. The number of carbonyl (C=O) groups is 1. The third-order valence-electron chi connectivity index (χ3n) is 6.06. The van der Waals surface area contributed by atoms with Crippen LogP contribution in [-0.2, 0) is 6.61 Å². The first kappa shape index (κ1) is 30.2. The number of ether oxygens (including phenoxy) is 2. The second-order valence-electron chi connectivity index (χ2n) is 9.12. The van der Waals surface area contributed by atoms with Crippen LogP contribution >= 0.6 is 38.9 Å². The maximum Gasteiger partial charge on any atom is 0.271 e. The average molecular weight is 680 g/mol. The monoisotopic (exact) mass is 678 g/mol. The van der Waals surface area contributed by atoms with E-state index in [1.54, 1.807) is 36.4 Å². The van der Waals surface area contributed by atoms with Crippen LogP contribution in [0.25, 0.3) is 11.3 Å². The van der Waals surface area contributed by atoms with Crippen molar-refractivity contribution >= 4 is 61.8 Å². The molecule has 0 fully saturated rings. The Kier molecular flexibility index (Phi) is 10.0. The second-order valence-corrected chi connectivity index (χ2v) is 11.3. The van der Waals surface area contributed by atoms with Gasteiger partial charge in [-0.3, -0.25) is 4.79 Å². The van der Waals surface area contributed by atoms with Gasteiger partial charge in [-0.25, -0.2) is 14.8 Å². The molecule has 218 valence electrons. The van der Waals surface area contributed by atoms with Crippen LogP contribution in [0.3, 0.4) is 0 Å². The van der Waals surface area contributed by atoms with E-state index in [-0.39, 0.29) is 18.3 Å². The molecular formula is C32H25BrClFN4O3S. The van der Waals surface area contributed by atoms with Crippen molar-refractivity contribution in [2.45, 2.75) is 13.5 Å². The summed E-state index contributed by atoms with van der Waals surface area (Å²) < 4.78 is 25.8. The molecule has 0 aliphatic rings. The van der Waals surface area contributed by atoms with E-state index in [4.69, 9.17) is 21.1 Å². The first-order chi connectivity index (χ1) is 20.9. The lowest BCUT2D eigenvalue weighted by atomic mass is 10.1. The van der Waals surface area contributed by atoms with E-state index < -0.39 is 0 Å². The van der Waals surface area contributed by atoms with Crippen molar-refractivity contribution in [3.8, 4) is 22.8 Å². The lowest BCUT2D eigenvalue weighted by Crippen LogP contribution is -2.17. The summed E-state index contributed by atoms with van der Waals surface area (Å²) in [5, 5.41) is 10.7. The van der Waals surface area contributed by atoms with Crippen molar-refractivity contribution in [3.05, 3.63) is 122 Å². The van der Waals surface area contributed by atoms with Crippen molar-refractivity contribution in [2.24, 2.45) is 5.10 Å². The Labute approximate surface area is 265 Å². The van der Waals surface area contributed by atoms with Gasteiger partial charge in [0.15, 0.2) is 16.6 Å². The number of anilines is 2. The quantitative estimate of drug-likeness (QED) is 0.108. The fraction of sp³-hybridized carbons (Fsp3) is 0.0938. The highest BCUT2D eigenvalue weighted by atomic mass is 79.9. The number of hydrogen-bond donors (Lipinski definition) is 2. The standard InChI is InChI=1S/C32H25BrClFN4O3S/c1-2-41-29-15-23(27(33)16-30(29)42-18-20-4-3-5-25(35)14-20)17-36-39-31(40)22-8-6-21(7-9-22)28-19-43-32(38-28)37-26-12-10-24(34)11-13-26/h3-17,19H,2,18H2,1H3,(H,37,38)(H,39,40)/b36-17-. The molecule has 0 aliphatic carbocycles. The Balaban J connectivity index is 1.20. The first-order valence-electron chi connectivity index (χ1n) is 13.1. The zero-order valence-electron chi connectivity index (χ0n) is 22.8. The zero-order valence-corrected chi connectivity index (χ0v) is 26.0. The Hall–Kier alpha value is -4.25. The van der Waals surface area contributed by atoms with Gasteiger partial charge in [-0.15, -0.1) is 11.3 Å². The molecule has 43 heavy (non-hydrogen) atoms. The fourth-order valence-electron chi connectivity index (χ4n) is 3.96. The molecule has 2 N–H and O–H groups in total. The predicted molar refractivity (Wildman–Crippen MR) is 173 cm³/mol. The van der Waals surface area contributed by atoms with Gasteiger partial charge in [-0.1, -0.05) is 35.9 Å². The molecule has 1 amide bonds. The van der Waals surface area contributed by atoms with Gasteiger partial charge >= 0.3 is 0 Å². The lowest BCUT2D eigenvalue weighted by Gasteiger charge is -2.14. The summed E-state index contributed by atoms with van der Waals surface area (Å²) in [6.45, 7) is 2.46. The molecule has 0 unspecified atom stereocenters. The van der Waals surface area contributed by atoms with Crippen LogP contribution in [0, 0.1) is 5.82 Å². The molecule has 0 saturated heterocycles. The summed E-state index contributed by atoms with van der Waals surface area (Å²) >= 11 is 11.0. The van der Waals surface area contributed by atoms with Crippen LogP contribution in [0.5, 0.6) is 11.5 Å². The highest BCUT2D eigenvalue weighted by molar-refractivity contribution is 9.10. The number of nitrogens with zero attached hydrogens (tertiary/aromatic N) is 2. The highest BCUT2D eigenvalue weighted by Crippen LogP contribution is 2.34. The van der Waals surface area contributed by atoms with E-state index >= 15 is 0 Å². The maximum atomic E-state index is 13.5. The molecule has 4 aromatic carbocycles. The summed E-state index contributed by atoms with van der Waals surface area (Å²) in [6, 6.07) is 24.2. The number of thiazole rings is 1. The summed E-state index contributed by atoms with van der Waals surface area (Å²) in [6.07, 6.45) is 1.51. The van der Waals surface area contributed by atoms with Gasteiger partial charge < -0.3 is 14.8 Å². The summed E-state index contributed by atoms with van der Waals surface area (Å²) in [5.41, 5.74) is 6.94. The molecule has 0 bridgehead atoms. The molecule has 11 heteroatoms. The number of rotatable bonds is 11. The van der Waals surface area contributed by atoms with E-state index in [0.29, 0.717) is 44.3 Å². The molecule has 0 spiro atoms. The minimum absolute atomic E-state index is 0.177. The van der Waals surface area contributed by atoms with Crippen LogP contribution in [0.1, 0.15) is 28.4 Å². The molecule has 0 radical (unpaired) electrons. The number of amides is 1. The van der Waals surface area contributed by atoms with Crippen LogP contribution in [0.15, 0.2) is 99.9 Å². The van der Waals surface area contributed by atoms with E-state index in [1.165, 1.54) is 29.7 Å². The third kappa shape index (κ3) is 8.19. The molecule has 7 nitrogen and oxygen atoms in total. The van der Waals surface area contributed by atoms with Crippen LogP contribution in [0.4, 0.5) is 15.2 Å². The fourth-order valence-corrected chi connectivity index (χ4v) is 5.25. The van der Waals surface area contributed by atoms with Crippen molar-refractivity contribution in [3.63, 3.8) is 0 Å². The third-order valence-corrected chi connectivity index (χ3v) is 7.75. The van der Waals surface area contributed by atoms with Crippen LogP contribution in [0.2, 0.25) is 5.02 Å². The Morgan fingerprint density at radius 1 is 1.05 bits per heavy atom. The lowest BCUT2D eigenvalue weighted by molar-refractivity contribution is 0.0955. The number of hydrazone groups is 1.